The van der Waals surface area contributed by atoms with E-state index in [1.165, 1.54) is 61.9 Å². The quantitative estimate of drug-likeness (QED) is 0.168. The van der Waals surface area contributed by atoms with Crippen LogP contribution in [-0.4, -0.2) is 0 Å². The van der Waals surface area contributed by atoms with Crippen molar-refractivity contribution in [3.63, 3.8) is 0 Å². The van der Waals surface area contributed by atoms with Gasteiger partial charge in [-0.15, -0.1) is 22.7 Å². The predicted molar refractivity (Wildman–Crippen MR) is 237 cm³/mol. The van der Waals surface area contributed by atoms with Crippen molar-refractivity contribution < 1.29 is 0 Å². The third-order valence-corrected chi connectivity index (χ3v) is 12.8. The molecule has 0 aliphatic heterocycles. The molecule has 2 heterocycles. The van der Waals surface area contributed by atoms with Gasteiger partial charge in [-0.2, -0.15) is 0 Å². The molecule has 0 N–H and O–H groups in total. The number of para-hydroxylation sites is 4. The van der Waals surface area contributed by atoms with Crippen molar-refractivity contribution in [3.8, 4) is 0 Å². The van der Waals surface area contributed by atoms with Crippen molar-refractivity contribution in [2.75, 3.05) is 9.80 Å². The summed E-state index contributed by atoms with van der Waals surface area (Å²) in [5.74, 6) is 0. The largest absolute Gasteiger partial charge is 0.310 e. The maximum absolute atomic E-state index is 2.45. The van der Waals surface area contributed by atoms with Gasteiger partial charge in [-0.3, -0.25) is 0 Å². The zero-order chi connectivity index (χ0) is 35.6. The summed E-state index contributed by atoms with van der Waals surface area (Å²) in [7, 11) is 0. The zero-order valence-electron chi connectivity index (χ0n) is 29.2. The smallest absolute Gasteiger partial charge is 0.0468 e. The van der Waals surface area contributed by atoms with Crippen molar-refractivity contribution in [1.29, 1.82) is 0 Å². The minimum atomic E-state index is 1.15. The van der Waals surface area contributed by atoms with Gasteiger partial charge in [0.2, 0.25) is 0 Å². The van der Waals surface area contributed by atoms with Gasteiger partial charge in [0.1, 0.15) is 0 Å². The number of fused-ring (bicyclic) bond motifs is 8. The Morgan fingerprint density at radius 3 is 0.944 bits per heavy atom. The van der Waals surface area contributed by atoms with Crippen LogP contribution in [0.1, 0.15) is 0 Å². The molecule has 0 spiro atoms. The Morgan fingerprint density at radius 2 is 0.574 bits per heavy atom. The van der Waals surface area contributed by atoms with E-state index in [0.29, 0.717) is 0 Å². The second-order valence-electron chi connectivity index (χ2n) is 13.8. The molecule has 0 radical (unpaired) electrons. The molecule has 0 atom stereocenters. The molecule has 0 amide bonds. The number of benzene rings is 9. The van der Waals surface area contributed by atoms with Crippen molar-refractivity contribution in [1.82, 2.24) is 0 Å². The first-order valence-electron chi connectivity index (χ1n) is 18.2. The molecule has 11 rings (SSSR count). The molecule has 0 aliphatic rings. The minimum absolute atomic E-state index is 1.15. The standard InChI is InChI=1S/C50H32N2S2/c1-5-13-37(14-6-1)51(38-15-7-2-8-16-38)41-23-21-33-27-43-45-31-46-44-28-34-22-24-42(52(39-17-9-3-10-18-39)40-19-11-4-12-20-40)26-36(34)30-48(44)54-50(46)32-49(45)53-47(43)29-35(33)25-41/h1-32H. The second kappa shape index (κ2) is 12.6. The highest BCUT2D eigenvalue weighted by Gasteiger charge is 2.17. The number of anilines is 6. The SMILES string of the molecule is c1ccc(N(c2ccccc2)c2ccc3cc4c(cc3c2)sc2cc3sc5cc6cc(N(c7ccccc7)c7ccccc7)ccc6cc5c3cc24)cc1. The maximum Gasteiger partial charge on any atom is 0.0468 e. The Hall–Kier alpha value is -6.46. The molecular weight excluding hydrogens is 693 g/mol. The summed E-state index contributed by atoms with van der Waals surface area (Å²) >= 11 is 3.80. The van der Waals surface area contributed by atoms with E-state index in [0.717, 1.165) is 34.1 Å². The van der Waals surface area contributed by atoms with Crippen LogP contribution in [0.2, 0.25) is 0 Å². The normalized spacial score (nSPS) is 11.7. The Bertz CT molecular complexity index is 2860. The summed E-state index contributed by atoms with van der Waals surface area (Å²) in [6.07, 6.45) is 0. The monoisotopic (exact) mass is 724 g/mol. The van der Waals surface area contributed by atoms with Crippen LogP contribution in [0.15, 0.2) is 194 Å². The summed E-state index contributed by atoms with van der Waals surface area (Å²) in [4.78, 5) is 4.67. The number of thiophene rings is 2. The lowest BCUT2D eigenvalue weighted by molar-refractivity contribution is 1.29. The van der Waals surface area contributed by atoms with E-state index in [4.69, 9.17) is 0 Å². The molecule has 2 nitrogen and oxygen atoms in total. The van der Waals surface area contributed by atoms with Gasteiger partial charge in [0.05, 0.1) is 0 Å². The summed E-state index contributed by atoms with van der Waals surface area (Å²) in [6, 6.07) is 70.7. The highest BCUT2D eigenvalue weighted by Crippen LogP contribution is 2.45. The number of hydrogen-bond donors (Lipinski definition) is 0. The van der Waals surface area contributed by atoms with Gasteiger partial charge in [-0.25, -0.2) is 0 Å². The summed E-state index contributed by atoms with van der Waals surface area (Å²) < 4.78 is 5.31. The molecule has 0 saturated carbocycles. The van der Waals surface area contributed by atoms with Crippen molar-refractivity contribution in [2.24, 2.45) is 0 Å². The molecule has 0 aliphatic carbocycles. The van der Waals surface area contributed by atoms with Crippen LogP contribution >= 0.6 is 22.7 Å². The lowest BCUT2D eigenvalue weighted by Gasteiger charge is -2.25. The van der Waals surface area contributed by atoms with Crippen molar-refractivity contribution >= 4 is 119 Å². The predicted octanol–water partition coefficient (Wildman–Crippen LogP) is 15.7. The molecule has 0 fully saturated rings. The van der Waals surface area contributed by atoms with Gasteiger partial charge in [0.25, 0.3) is 0 Å². The third-order valence-electron chi connectivity index (χ3n) is 10.5. The Kier molecular flexibility index (Phi) is 7.25. The van der Waals surface area contributed by atoms with E-state index in [9.17, 15) is 0 Å². The van der Waals surface area contributed by atoms with Crippen LogP contribution in [0.25, 0.3) is 61.9 Å². The van der Waals surface area contributed by atoms with E-state index in [2.05, 4.69) is 204 Å². The first-order valence-corrected chi connectivity index (χ1v) is 19.9. The molecule has 254 valence electrons. The lowest BCUT2D eigenvalue weighted by atomic mass is 10.0. The van der Waals surface area contributed by atoms with E-state index in [-0.39, 0.29) is 0 Å². The summed E-state index contributed by atoms with van der Waals surface area (Å²) in [5.41, 5.74) is 6.89. The van der Waals surface area contributed by atoms with Gasteiger partial charge < -0.3 is 9.80 Å². The fourth-order valence-electron chi connectivity index (χ4n) is 7.99. The molecule has 9 aromatic carbocycles. The molecule has 0 unspecified atom stereocenters. The number of hydrogen-bond acceptors (Lipinski definition) is 4. The van der Waals surface area contributed by atoms with Gasteiger partial charge in [-0.1, -0.05) is 84.9 Å². The minimum Gasteiger partial charge on any atom is -0.310 e. The van der Waals surface area contributed by atoms with Crippen LogP contribution in [0, 0.1) is 0 Å². The first kappa shape index (κ1) is 31.1. The zero-order valence-corrected chi connectivity index (χ0v) is 30.8. The molecular formula is C50H32N2S2. The lowest BCUT2D eigenvalue weighted by Crippen LogP contribution is -2.09. The molecule has 0 saturated heterocycles. The fraction of sp³-hybridized carbons (Fsp3) is 0. The van der Waals surface area contributed by atoms with Crippen molar-refractivity contribution in [2.45, 2.75) is 0 Å². The second-order valence-corrected chi connectivity index (χ2v) is 16.0. The van der Waals surface area contributed by atoms with Crippen LogP contribution in [-0.2, 0) is 0 Å². The highest BCUT2D eigenvalue weighted by molar-refractivity contribution is 7.28. The van der Waals surface area contributed by atoms with E-state index >= 15 is 0 Å². The van der Waals surface area contributed by atoms with Crippen LogP contribution < -0.4 is 9.80 Å². The molecule has 54 heavy (non-hydrogen) atoms. The van der Waals surface area contributed by atoms with Crippen LogP contribution in [0.4, 0.5) is 34.1 Å². The molecule has 4 heteroatoms. The summed E-state index contributed by atoms with van der Waals surface area (Å²) in [6.45, 7) is 0. The van der Waals surface area contributed by atoms with Gasteiger partial charge in [0.15, 0.2) is 0 Å². The highest BCUT2D eigenvalue weighted by atomic mass is 32.1. The Balaban J connectivity index is 1.01. The topological polar surface area (TPSA) is 6.48 Å². The summed E-state index contributed by atoms with van der Waals surface area (Å²) in [5, 5.41) is 10.3. The van der Waals surface area contributed by atoms with Crippen LogP contribution in [0.3, 0.4) is 0 Å². The molecule has 11 aromatic rings. The van der Waals surface area contributed by atoms with Gasteiger partial charge in [0, 0.05) is 74.5 Å². The van der Waals surface area contributed by atoms with Crippen molar-refractivity contribution in [3.05, 3.63) is 194 Å². The van der Waals surface area contributed by atoms with Crippen LogP contribution in [0.5, 0.6) is 0 Å². The molecule has 0 bridgehead atoms. The third kappa shape index (κ3) is 5.22. The van der Waals surface area contributed by atoms with E-state index in [1.54, 1.807) is 0 Å². The number of rotatable bonds is 6. The Labute approximate surface area is 321 Å². The van der Waals surface area contributed by atoms with E-state index < -0.39 is 0 Å². The first-order chi connectivity index (χ1) is 26.7. The fourth-order valence-corrected chi connectivity index (χ4v) is 10.4. The maximum atomic E-state index is 2.45. The Morgan fingerprint density at radius 1 is 0.241 bits per heavy atom. The number of nitrogens with zero attached hydrogens (tertiary/aromatic N) is 2. The average molecular weight is 725 g/mol. The average Bonchev–Trinajstić information content (AvgIpc) is 3.75. The molecule has 2 aromatic heterocycles. The van der Waals surface area contributed by atoms with E-state index in [1.807, 2.05) is 22.7 Å². The van der Waals surface area contributed by atoms with Gasteiger partial charge in [-0.05, 0) is 131 Å². The van der Waals surface area contributed by atoms with Gasteiger partial charge >= 0.3 is 0 Å².